The second kappa shape index (κ2) is 8.17. The maximum absolute atomic E-state index is 13.3. The van der Waals surface area contributed by atoms with Crippen LogP contribution in [0.2, 0.25) is 5.02 Å². The van der Waals surface area contributed by atoms with Crippen LogP contribution < -0.4 is 4.90 Å². The van der Waals surface area contributed by atoms with E-state index in [-0.39, 0.29) is 18.3 Å². The van der Waals surface area contributed by atoms with Crippen molar-refractivity contribution >= 4 is 23.2 Å². The second-order valence-corrected chi connectivity index (χ2v) is 7.69. The van der Waals surface area contributed by atoms with E-state index in [1.165, 1.54) is 12.1 Å². The molecule has 1 unspecified atom stereocenters. The Morgan fingerprint density at radius 2 is 1.96 bits per heavy atom. The van der Waals surface area contributed by atoms with E-state index in [4.69, 9.17) is 21.1 Å². The molecule has 0 saturated carbocycles. The van der Waals surface area contributed by atoms with Gasteiger partial charge in [-0.3, -0.25) is 9.69 Å². The van der Waals surface area contributed by atoms with Gasteiger partial charge in [0.05, 0.1) is 19.8 Å². The monoisotopic (exact) mass is 404 g/mol. The molecule has 5 nitrogen and oxygen atoms in total. The Balaban J connectivity index is 1.53. The number of halogens is 2. The Morgan fingerprint density at radius 3 is 2.75 bits per heavy atom. The molecule has 0 radical (unpaired) electrons. The van der Waals surface area contributed by atoms with Crippen molar-refractivity contribution < 1.29 is 18.7 Å². The molecule has 1 spiro atoms. The van der Waals surface area contributed by atoms with Crippen LogP contribution in [0, 0.1) is 5.82 Å². The fourth-order valence-electron chi connectivity index (χ4n) is 3.80. The summed E-state index contributed by atoms with van der Waals surface area (Å²) in [5, 5.41) is 0.416. The summed E-state index contributed by atoms with van der Waals surface area (Å²) in [4.78, 5) is 16.5. The molecule has 28 heavy (non-hydrogen) atoms. The molecule has 2 saturated heterocycles. The minimum Gasteiger partial charge on any atom is -0.368 e. The van der Waals surface area contributed by atoms with Gasteiger partial charge in [-0.15, -0.1) is 0 Å². The molecule has 0 N–H and O–H groups in total. The summed E-state index contributed by atoms with van der Waals surface area (Å²) in [6, 6.07) is 14.0. The van der Waals surface area contributed by atoms with Crippen LogP contribution in [-0.2, 0) is 20.8 Å². The van der Waals surface area contributed by atoms with Gasteiger partial charge in [-0.05, 0) is 29.8 Å². The first kappa shape index (κ1) is 19.3. The second-order valence-electron chi connectivity index (χ2n) is 7.29. The quantitative estimate of drug-likeness (QED) is 0.788. The molecule has 2 fully saturated rings. The van der Waals surface area contributed by atoms with Crippen LogP contribution in [0.4, 0.5) is 10.1 Å². The smallest absolute Gasteiger partial charge is 0.253 e. The molecule has 1 amide bonds. The predicted molar refractivity (Wildman–Crippen MR) is 105 cm³/mol. The van der Waals surface area contributed by atoms with Crippen molar-refractivity contribution in [2.45, 2.75) is 12.1 Å². The van der Waals surface area contributed by atoms with Gasteiger partial charge in [-0.2, -0.15) is 0 Å². The summed E-state index contributed by atoms with van der Waals surface area (Å²) >= 11 is 6.20. The first-order chi connectivity index (χ1) is 13.5. The number of nitrogens with zero attached hydrogens (tertiary/aromatic N) is 2. The van der Waals surface area contributed by atoms with Gasteiger partial charge >= 0.3 is 0 Å². The number of amides is 1. The van der Waals surface area contributed by atoms with Gasteiger partial charge in [-0.25, -0.2) is 4.39 Å². The highest BCUT2D eigenvalue weighted by atomic mass is 35.5. The predicted octanol–water partition coefficient (Wildman–Crippen LogP) is 3.11. The summed E-state index contributed by atoms with van der Waals surface area (Å²) < 4.78 is 25.1. The fraction of sp³-hybridized carbons (Fsp3) is 0.381. The highest BCUT2D eigenvalue weighted by Gasteiger charge is 2.42. The van der Waals surface area contributed by atoms with E-state index < -0.39 is 5.60 Å². The van der Waals surface area contributed by atoms with Crippen LogP contribution in [0.1, 0.15) is 5.56 Å². The zero-order chi connectivity index (χ0) is 19.6. The SMILES string of the molecule is O=C1COCC2(CN(Cc3ccc(F)cc3Cl)CCO2)CN1c1ccccc1. The summed E-state index contributed by atoms with van der Waals surface area (Å²) in [6.07, 6.45) is 0. The zero-order valence-corrected chi connectivity index (χ0v) is 16.2. The van der Waals surface area contributed by atoms with E-state index in [2.05, 4.69) is 4.90 Å². The van der Waals surface area contributed by atoms with Crippen LogP contribution in [0.5, 0.6) is 0 Å². The summed E-state index contributed by atoms with van der Waals surface area (Å²) in [6.45, 7) is 3.23. The van der Waals surface area contributed by atoms with E-state index >= 15 is 0 Å². The van der Waals surface area contributed by atoms with Gasteiger partial charge in [0.25, 0.3) is 5.91 Å². The number of rotatable bonds is 3. The highest BCUT2D eigenvalue weighted by molar-refractivity contribution is 6.31. The molecule has 0 aliphatic carbocycles. The average molecular weight is 405 g/mol. The van der Waals surface area contributed by atoms with Gasteiger partial charge in [-0.1, -0.05) is 35.9 Å². The summed E-state index contributed by atoms with van der Waals surface area (Å²) in [7, 11) is 0. The molecule has 2 aromatic carbocycles. The highest BCUT2D eigenvalue weighted by Crippen LogP contribution is 2.28. The Labute approximate surface area is 168 Å². The van der Waals surface area contributed by atoms with Gasteiger partial charge in [0.1, 0.15) is 18.0 Å². The molecule has 2 aliphatic heterocycles. The minimum atomic E-state index is -0.618. The maximum Gasteiger partial charge on any atom is 0.253 e. The van der Waals surface area contributed by atoms with Crippen LogP contribution in [0.3, 0.4) is 0 Å². The molecule has 2 aromatic rings. The van der Waals surface area contributed by atoms with Crippen LogP contribution >= 0.6 is 11.6 Å². The molecule has 148 valence electrons. The van der Waals surface area contributed by atoms with Crippen molar-refractivity contribution in [2.24, 2.45) is 0 Å². The van der Waals surface area contributed by atoms with Crippen molar-refractivity contribution in [3.63, 3.8) is 0 Å². The van der Waals surface area contributed by atoms with E-state index in [0.29, 0.717) is 37.9 Å². The van der Waals surface area contributed by atoms with Crippen molar-refractivity contribution in [1.82, 2.24) is 4.90 Å². The Morgan fingerprint density at radius 1 is 1.14 bits per heavy atom. The molecular weight excluding hydrogens is 383 g/mol. The zero-order valence-electron chi connectivity index (χ0n) is 15.4. The average Bonchev–Trinajstić information content (AvgIpc) is 2.84. The molecule has 0 bridgehead atoms. The van der Waals surface area contributed by atoms with Gasteiger partial charge < -0.3 is 14.4 Å². The van der Waals surface area contributed by atoms with Crippen molar-refractivity contribution in [3.8, 4) is 0 Å². The number of carbonyl (C=O) groups is 1. The molecule has 0 aromatic heterocycles. The van der Waals surface area contributed by atoms with Crippen molar-refractivity contribution in [3.05, 3.63) is 64.9 Å². The Bertz CT molecular complexity index is 851. The largest absolute Gasteiger partial charge is 0.368 e. The number of hydrogen-bond acceptors (Lipinski definition) is 4. The third-order valence-electron chi connectivity index (χ3n) is 5.14. The fourth-order valence-corrected chi connectivity index (χ4v) is 4.03. The first-order valence-electron chi connectivity index (χ1n) is 9.28. The van der Waals surface area contributed by atoms with Crippen LogP contribution in [0.15, 0.2) is 48.5 Å². The first-order valence-corrected chi connectivity index (χ1v) is 9.66. The van der Waals surface area contributed by atoms with Gasteiger partial charge in [0, 0.05) is 30.3 Å². The lowest BCUT2D eigenvalue weighted by molar-refractivity contribution is -0.135. The van der Waals surface area contributed by atoms with Gasteiger partial charge in [0.2, 0.25) is 0 Å². The normalized spacial score (nSPS) is 23.8. The molecule has 1 atom stereocenters. The lowest BCUT2D eigenvalue weighted by Gasteiger charge is -2.43. The minimum absolute atomic E-state index is 0.0315. The topological polar surface area (TPSA) is 42.0 Å². The Kier molecular flexibility index (Phi) is 5.64. The number of carbonyl (C=O) groups excluding carboxylic acids is 1. The van der Waals surface area contributed by atoms with Crippen LogP contribution in [0.25, 0.3) is 0 Å². The third-order valence-corrected chi connectivity index (χ3v) is 5.49. The van der Waals surface area contributed by atoms with Crippen LogP contribution in [-0.4, -0.2) is 55.9 Å². The lowest BCUT2D eigenvalue weighted by atomic mass is 10.0. The molecular formula is C21H22ClFN2O3. The third kappa shape index (κ3) is 4.20. The van der Waals surface area contributed by atoms with E-state index in [9.17, 15) is 9.18 Å². The molecule has 4 rings (SSSR count). The summed E-state index contributed by atoms with van der Waals surface area (Å²) in [5.41, 5.74) is 1.08. The maximum atomic E-state index is 13.3. The van der Waals surface area contributed by atoms with Crippen molar-refractivity contribution in [1.29, 1.82) is 0 Å². The number of hydrogen-bond donors (Lipinski definition) is 0. The number of para-hydroxylation sites is 1. The van der Waals surface area contributed by atoms with E-state index in [0.717, 1.165) is 17.8 Å². The van der Waals surface area contributed by atoms with E-state index in [1.807, 2.05) is 30.3 Å². The molecule has 2 heterocycles. The Hall–Kier alpha value is -1.99. The number of ether oxygens (including phenoxy) is 2. The van der Waals surface area contributed by atoms with Crippen molar-refractivity contribution in [2.75, 3.05) is 44.4 Å². The summed E-state index contributed by atoms with van der Waals surface area (Å²) in [5.74, 6) is -0.424. The standard InChI is InChI=1S/C21H22ClFN2O3/c22-19-10-17(23)7-6-16(19)11-24-8-9-28-21(13-24)14-25(20(26)12-27-15-21)18-4-2-1-3-5-18/h1-7,10H,8-9,11-15H2. The van der Waals surface area contributed by atoms with E-state index in [1.54, 1.807) is 11.0 Å². The lowest BCUT2D eigenvalue weighted by Crippen LogP contribution is -2.59. The number of benzene rings is 2. The number of morpholine rings is 1. The van der Waals surface area contributed by atoms with Gasteiger partial charge in [0.15, 0.2) is 0 Å². The molecule has 2 aliphatic rings. The molecule has 7 heteroatoms. The number of anilines is 1.